The molecule has 0 bridgehead atoms. The second-order valence-corrected chi connectivity index (χ2v) is 3.99. The lowest BCUT2D eigenvalue weighted by molar-refractivity contribution is -0.274. The van der Waals surface area contributed by atoms with E-state index in [2.05, 4.69) is 4.74 Å². The second kappa shape index (κ2) is 5.21. The molecule has 0 spiro atoms. The largest absolute Gasteiger partial charge is 0.573 e. The van der Waals surface area contributed by atoms with Crippen molar-refractivity contribution in [3.63, 3.8) is 0 Å². The van der Waals surface area contributed by atoms with Gasteiger partial charge in [0.05, 0.1) is 0 Å². The topological polar surface area (TPSA) is 26.3 Å². The highest BCUT2D eigenvalue weighted by molar-refractivity contribution is 5.82. The van der Waals surface area contributed by atoms with Crippen molar-refractivity contribution in [2.24, 2.45) is 5.92 Å². The van der Waals surface area contributed by atoms with Crippen LogP contribution >= 0.6 is 0 Å². The minimum absolute atomic E-state index is 0.0193. The third-order valence-corrected chi connectivity index (χ3v) is 2.15. The number of ketones is 1. The maximum absolute atomic E-state index is 12.0. The van der Waals surface area contributed by atoms with Crippen molar-refractivity contribution in [2.45, 2.75) is 26.6 Å². The van der Waals surface area contributed by atoms with Crippen LogP contribution in [0.2, 0.25) is 0 Å². The van der Waals surface area contributed by atoms with E-state index in [-0.39, 0.29) is 23.9 Å². The van der Waals surface area contributed by atoms with Crippen molar-refractivity contribution in [2.75, 3.05) is 0 Å². The summed E-state index contributed by atoms with van der Waals surface area (Å²) in [5.41, 5.74) is 0.519. The van der Waals surface area contributed by atoms with E-state index in [1.807, 2.05) is 0 Å². The Hall–Kier alpha value is -1.52. The molecule has 0 aliphatic heterocycles. The van der Waals surface area contributed by atoms with Gasteiger partial charge in [-0.1, -0.05) is 26.0 Å². The summed E-state index contributed by atoms with van der Waals surface area (Å²) in [5.74, 6) is -0.456. The van der Waals surface area contributed by atoms with Gasteiger partial charge in [-0.3, -0.25) is 4.79 Å². The van der Waals surface area contributed by atoms with E-state index in [1.54, 1.807) is 19.9 Å². The highest BCUT2D eigenvalue weighted by atomic mass is 19.4. The molecule has 0 aromatic heterocycles. The molecule has 0 fully saturated rings. The predicted octanol–water partition coefficient (Wildman–Crippen LogP) is 3.35. The van der Waals surface area contributed by atoms with E-state index in [9.17, 15) is 18.0 Å². The maximum Gasteiger partial charge on any atom is 0.573 e. The molecule has 5 heteroatoms. The van der Waals surface area contributed by atoms with Crippen LogP contribution in [0.15, 0.2) is 24.3 Å². The minimum atomic E-state index is -4.71. The summed E-state index contributed by atoms with van der Waals surface area (Å²) in [7, 11) is 0. The zero-order valence-corrected chi connectivity index (χ0v) is 9.54. The Kier molecular flexibility index (Phi) is 4.15. The van der Waals surface area contributed by atoms with Gasteiger partial charge >= 0.3 is 6.36 Å². The summed E-state index contributed by atoms with van der Waals surface area (Å²) in [4.78, 5) is 11.4. The van der Waals surface area contributed by atoms with Crippen LogP contribution in [0, 0.1) is 5.92 Å². The molecule has 1 aromatic rings. The number of hydrogen-bond donors (Lipinski definition) is 0. The summed E-state index contributed by atoms with van der Waals surface area (Å²) in [6, 6.07) is 5.47. The monoisotopic (exact) mass is 246 g/mol. The molecule has 0 amide bonds. The molecule has 1 rings (SSSR count). The second-order valence-electron chi connectivity index (χ2n) is 3.99. The first-order valence-corrected chi connectivity index (χ1v) is 5.15. The average molecular weight is 246 g/mol. The SMILES string of the molecule is CC(C)C(=O)Cc1cccc(OC(F)(F)F)c1. The van der Waals surface area contributed by atoms with Crippen LogP contribution in [0.4, 0.5) is 13.2 Å². The van der Waals surface area contributed by atoms with E-state index in [1.165, 1.54) is 18.2 Å². The van der Waals surface area contributed by atoms with Crippen LogP contribution in [0.1, 0.15) is 19.4 Å². The predicted molar refractivity (Wildman–Crippen MR) is 56.7 cm³/mol. The Labute approximate surface area is 97.4 Å². The number of rotatable bonds is 4. The van der Waals surface area contributed by atoms with E-state index in [0.29, 0.717) is 5.56 Å². The van der Waals surface area contributed by atoms with Gasteiger partial charge in [-0.25, -0.2) is 0 Å². The number of halogens is 3. The maximum atomic E-state index is 12.0. The van der Waals surface area contributed by atoms with Gasteiger partial charge in [0, 0.05) is 12.3 Å². The quantitative estimate of drug-likeness (QED) is 0.814. The van der Waals surface area contributed by atoms with Crippen molar-refractivity contribution in [3.05, 3.63) is 29.8 Å². The van der Waals surface area contributed by atoms with E-state index in [4.69, 9.17) is 0 Å². The van der Waals surface area contributed by atoms with Crippen molar-refractivity contribution < 1.29 is 22.7 Å². The molecule has 0 aliphatic carbocycles. The molecule has 0 atom stereocenters. The molecule has 0 N–H and O–H groups in total. The molecule has 0 radical (unpaired) electrons. The highest BCUT2D eigenvalue weighted by Gasteiger charge is 2.31. The molecule has 0 unspecified atom stereocenters. The Balaban J connectivity index is 2.76. The lowest BCUT2D eigenvalue weighted by Crippen LogP contribution is -2.17. The molecule has 0 aliphatic rings. The highest BCUT2D eigenvalue weighted by Crippen LogP contribution is 2.23. The van der Waals surface area contributed by atoms with Gasteiger partial charge < -0.3 is 4.74 Å². The van der Waals surface area contributed by atoms with Gasteiger partial charge in [0.1, 0.15) is 11.5 Å². The minimum Gasteiger partial charge on any atom is -0.406 e. The molecule has 2 nitrogen and oxygen atoms in total. The molecule has 1 aromatic carbocycles. The Bertz CT molecular complexity index is 397. The molecule has 0 heterocycles. The number of carbonyl (C=O) groups excluding carboxylic acids is 1. The summed E-state index contributed by atoms with van der Waals surface area (Å²) >= 11 is 0. The fourth-order valence-electron chi connectivity index (χ4n) is 1.26. The molecule has 17 heavy (non-hydrogen) atoms. The standard InChI is InChI=1S/C12H13F3O2/c1-8(2)11(16)7-9-4-3-5-10(6-9)17-12(13,14)15/h3-6,8H,7H2,1-2H3. The van der Waals surface area contributed by atoms with Crippen molar-refractivity contribution >= 4 is 5.78 Å². The van der Waals surface area contributed by atoms with E-state index < -0.39 is 6.36 Å². The van der Waals surface area contributed by atoms with Crippen molar-refractivity contribution in [1.82, 2.24) is 0 Å². The first-order valence-electron chi connectivity index (χ1n) is 5.15. The third kappa shape index (κ3) is 4.89. The fraction of sp³-hybridized carbons (Fsp3) is 0.417. The Morgan fingerprint density at radius 1 is 1.35 bits per heavy atom. The van der Waals surface area contributed by atoms with Gasteiger partial charge in [-0.15, -0.1) is 13.2 Å². The fourth-order valence-corrected chi connectivity index (χ4v) is 1.26. The van der Waals surface area contributed by atoms with Gasteiger partial charge in [0.25, 0.3) is 0 Å². The van der Waals surface area contributed by atoms with Gasteiger partial charge in [0.2, 0.25) is 0 Å². The average Bonchev–Trinajstić information content (AvgIpc) is 2.15. The Morgan fingerprint density at radius 2 is 2.00 bits per heavy atom. The summed E-state index contributed by atoms with van der Waals surface area (Å²) in [6.07, 6.45) is -4.59. The van der Waals surface area contributed by atoms with Crippen LogP contribution in [0.3, 0.4) is 0 Å². The van der Waals surface area contributed by atoms with E-state index >= 15 is 0 Å². The normalized spacial score (nSPS) is 11.6. The van der Waals surface area contributed by atoms with Gasteiger partial charge in [0.15, 0.2) is 0 Å². The first-order chi connectivity index (χ1) is 7.78. The van der Waals surface area contributed by atoms with Crippen LogP contribution in [-0.4, -0.2) is 12.1 Å². The molecular formula is C12H13F3O2. The summed E-state index contributed by atoms with van der Waals surface area (Å²) in [6.45, 7) is 3.50. The van der Waals surface area contributed by atoms with Crippen LogP contribution in [-0.2, 0) is 11.2 Å². The van der Waals surface area contributed by atoms with Gasteiger partial charge in [-0.2, -0.15) is 0 Å². The number of ether oxygens (including phenoxy) is 1. The molecule has 0 saturated heterocycles. The molecular weight excluding hydrogens is 233 g/mol. The van der Waals surface area contributed by atoms with Gasteiger partial charge in [-0.05, 0) is 17.7 Å². The van der Waals surface area contributed by atoms with E-state index in [0.717, 1.165) is 0 Å². The third-order valence-electron chi connectivity index (χ3n) is 2.15. The zero-order chi connectivity index (χ0) is 13.1. The van der Waals surface area contributed by atoms with Crippen molar-refractivity contribution in [1.29, 1.82) is 0 Å². The number of carbonyl (C=O) groups is 1. The number of hydrogen-bond acceptors (Lipinski definition) is 2. The number of Topliss-reactive ketones (excluding diaryl/α,β-unsaturated/α-hetero) is 1. The number of alkyl halides is 3. The lowest BCUT2D eigenvalue weighted by atomic mass is 10.0. The van der Waals surface area contributed by atoms with Crippen LogP contribution < -0.4 is 4.74 Å². The molecule has 0 saturated carbocycles. The van der Waals surface area contributed by atoms with Crippen molar-refractivity contribution in [3.8, 4) is 5.75 Å². The first kappa shape index (κ1) is 13.5. The molecule has 94 valence electrons. The van der Waals surface area contributed by atoms with Crippen LogP contribution in [0.25, 0.3) is 0 Å². The number of benzene rings is 1. The summed E-state index contributed by atoms with van der Waals surface area (Å²) in [5, 5.41) is 0. The lowest BCUT2D eigenvalue weighted by Gasteiger charge is -2.10. The Morgan fingerprint density at radius 3 is 2.53 bits per heavy atom. The smallest absolute Gasteiger partial charge is 0.406 e. The van der Waals surface area contributed by atoms with Crippen LogP contribution in [0.5, 0.6) is 5.75 Å². The summed E-state index contributed by atoms with van der Waals surface area (Å²) < 4.78 is 39.7. The zero-order valence-electron chi connectivity index (χ0n) is 9.54.